The minimum atomic E-state index is -2.39. The Kier molecular flexibility index (Phi) is 3.74. The number of hydrogen-bond acceptors (Lipinski definition) is 7. The molecule has 1 fully saturated rings. The quantitative estimate of drug-likeness (QED) is 0.711. The molecule has 1 aliphatic heterocycles. The highest BCUT2D eigenvalue weighted by atomic mass is 31.2. The van der Waals surface area contributed by atoms with Gasteiger partial charge in [0.05, 0.1) is 13.2 Å². The molecule has 2 N–H and O–H groups in total. The average molecular weight is 286 g/mol. The Bertz CT molecular complexity index is 548. The molecular weight excluding hydrogens is 271 g/mol. The van der Waals surface area contributed by atoms with Crippen molar-refractivity contribution < 1.29 is 19.5 Å². The van der Waals surface area contributed by atoms with Gasteiger partial charge in [-0.2, -0.15) is 5.26 Å². The number of ether oxygens (including phenoxy) is 1. The second-order valence-electron chi connectivity index (χ2n) is 4.96. The van der Waals surface area contributed by atoms with Gasteiger partial charge < -0.3 is 19.5 Å². The fraction of sp³-hybridized carbons (Fsp3) is 0.700. The Morgan fingerprint density at radius 1 is 1.53 bits per heavy atom. The fourth-order valence-corrected chi connectivity index (χ4v) is 3.15. The van der Waals surface area contributed by atoms with Crippen LogP contribution in [0.15, 0.2) is 6.33 Å². The van der Waals surface area contributed by atoms with Crippen LogP contribution in [0.3, 0.4) is 0 Å². The molecule has 0 spiro atoms. The second kappa shape index (κ2) is 5.02. The van der Waals surface area contributed by atoms with Crippen molar-refractivity contribution in [3.8, 4) is 6.07 Å². The van der Waals surface area contributed by atoms with Gasteiger partial charge in [0.25, 0.3) is 5.82 Å². The Labute approximate surface area is 110 Å². The van der Waals surface area contributed by atoms with Crippen LogP contribution in [0, 0.1) is 11.3 Å². The van der Waals surface area contributed by atoms with E-state index in [1.165, 1.54) is 11.0 Å². The van der Waals surface area contributed by atoms with Gasteiger partial charge in [0.2, 0.25) is 0 Å². The van der Waals surface area contributed by atoms with Crippen LogP contribution in [0.2, 0.25) is 0 Å². The Balaban J connectivity index is 2.16. The van der Waals surface area contributed by atoms with E-state index in [4.69, 9.17) is 10.00 Å². The Morgan fingerprint density at radius 2 is 2.21 bits per heavy atom. The van der Waals surface area contributed by atoms with Crippen molar-refractivity contribution in [1.82, 2.24) is 14.8 Å². The minimum Gasteiger partial charge on any atom is -0.387 e. The molecule has 0 radical (unpaired) electrons. The number of aliphatic hydroxyl groups is 2. The Hall–Kier alpha value is -1.26. The monoisotopic (exact) mass is 286 g/mol. The fourth-order valence-electron chi connectivity index (χ4n) is 1.98. The molecule has 19 heavy (non-hydrogen) atoms. The lowest BCUT2D eigenvalue weighted by molar-refractivity contribution is -0.0392. The largest absolute Gasteiger partial charge is 0.387 e. The maximum atomic E-state index is 11.8. The van der Waals surface area contributed by atoms with Gasteiger partial charge in [-0.1, -0.05) is 0 Å². The van der Waals surface area contributed by atoms with Gasteiger partial charge in [-0.3, -0.25) is 0 Å². The van der Waals surface area contributed by atoms with Crippen molar-refractivity contribution in [2.75, 3.05) is 19.5 Å². The number of hydrogen-bond donors (Lipinski definition) is 2. The van der Waals surface area contributed by atoms with Gasteiger partial charge in [0.15, 0.2) is 6.23 Å². The predicted octanol–water partition coefficient (Wildman–Crippen LogP) is -0.608. The smallest absolute Gasteiger partial charge is 0.252 e. The average Bonchev–Trinajstić information content (AvgIpc) is 2.87. The molecule has 0 amide bonds. The highest BCUT2D eigenvalue weighted by molar-refractivity contribution is 7.62. The molecule has 1 aromatic heterocycles. The lowest BCUT2D eigenvalue weighted by Crippen LogP contribution is -2.33. The van der Waals surface area contributed by atoms with E-state index in [2.05, 4.69) is 10.1 Å². The van der Waals surface area contributed by atoms with Crippen molar-refractivity contribution in [2.24, 2.45) is 0 Å². The van der Waals surface area contributed by atoms with Gasteiger partial charge in [-0.25, -0.2) is 9.67 Å². The molecule has 0 aliphatic carbocycles. The van der Waals surface area contributed by atoms with Gasteiger partial charge >= 0.3 is 0 Å². The summed E-state index contributed by atoms with van der Waals surface area (Å²) in [4.78, 5) is 3.70. The van der Waals surface area contributed by atoms with E-state index in [0.29, 0.717) is 0 Å². The maximum Gasteiger partial charge on any atom is 0.252 e. The highest BCUT2D eigenvalue weighted by Crippen LogP contribution is 2.41. The molecule has 9 heteroatoms. The molecule has 2 heterocycles. The molecule has 0 bridgehead atoms. The summed E-state index contributed by atoms with van der Waals surface area (Å²) in [5, 5.41) is 32.3. The number of nitrogens with zero attached hydrogens (tertiary/aromatic N) is 4. The first kappa shape index (κ1) is 14.2. The molecule has 104 valence electrons. The van der Waals surface area contributed by atoms with Crippen LogP contribution < -0.4 is 0 Å². The van der Waals surface area contributed by atoms with Crippen molar-refractivity contribution >= 4 is 7.14 Å². The van der Waals surface area contributed by atoms with Gasteiger partial charge in [0, 0.05) is 6.16 Å². The molecule has 8 nitrogen and oxygen atoms in total. The van der Waals surface area contributed by atoms with Gasteiger partial charge in [-0.15, -0.1) is 5.10 Å². The third-order valence-corrected chi connectivity index (χ3v) is 4.07. The van der Waals surface area contributed by atoms with E-state index in [0.717, 1.165) is 0 Å². The van der Waals surface area contributed by atoms with Crippen LogP contribution in [0.5, 0.6) is 0 Å². The van der Waals surface area contributed by atoms with Crippen molar-refractivity contribution in [2.45, 2.75) is 24.5 Å². The molecule has 1 saturated heterocycles. The third kappa shape index (κ3) is 3.01. The second-order valence-corrected chi connectivity index (χ2v) is 8.48. The molecule has 0 aromatic carbocycles. The number of nitriles is 1. The molecule has 1 aliphatic rings. The summed E-state index contributed by atoms with van der Waals surface area (Å²) >= 11 is 0. The molecule has 0 unspecified atom stereocenters. The molecule has 0 saturated carbocycles. The molecule has 1 aromatic rings. The first-order valence-corrected chi connectivity index (χ1v) is 8.47. The van der Waals surface area contributed by atoms with Crippen LogP contribution in [0.25, 0.3) is 0 Å². The summed E-state index contributed by atoms with van der Waals surface area (Å²) in [5.74, 6) is -0.0506. The first-order chi connectivity index (χ1) is 8.81. The highest BCUT2D eigenvalue weighted by Gasteiger charge is 2.45. The van der Waals surface area contributed by atoms with E-state index in [1.54, 1.807) is 19.4 Å². The van der Waals surface area contributed by atoms with Crippen molar-refractivity contribution in [1.29, 1.82) is 5.26 Å². The maximum absolute atomic E-state index is 11.8. The van der Waals surface area contributed by atoms with Crippen LogP contribution in [-0.2, 0) is 9.30 Å². The Morgan fingerprint density at radius 3 is 2.74 bits per heavy atom. The molecular formula is C10H15N4O4P. The normalized spacial score (nSPS) is 31.3. The lowest BCUT2D eigenvalue weighted by atomic mass is 10.1. The minimum absolute atomic E-state index is 0.0506. The summed E-state index contributed by atoms with van der Waals surface area (Å²) in [7, 11) is -2.39. The zero-order valence-electron chi connectivity index (χ0n) is 10.5. The zero-order valence-corrected chi connectivity index (χ0v) is 11.4. The van der Waals surface area contributed by atoms with Crippen molar-refractivity contribution in [3.05, 3.63) is 12.2 Å². The number of aliphatic hydroxyl groups excluding tert-OH is 2. The lowest BCUT2D eigenvalue weighted by Gasteiger charge is -2.16. The zero-order chi connectivity index (χ0) is 14.2. The van der Waals surface area contributed by atoms with Crippen LogP contribution >= 0.6 is 7.14 Å². The van der Waals surface area contributed by atoms with E-state index in [-0.39, 0.29) is 12.0 Å². The van der Waals surface area contributed by atoms with E-state index >= 15 is 0 Å². The summed E-state index contributed by atoms with van der Waals surface area (Å²) in [6.45, 7) is 3.18. The van der Waals surface area contributed by atoms with E-state index in [1.807, 2.05) is 0 Å². The summed E-state index contributed by atoms with van der Waals surface area (Å²) < 4.78 is 18.4. The molecule has 4 atom stereocenters. The standard InChI is InChI=1S/C10H15N4O4P/c1-19(2,17)4-6-8(15)9(16)10(18-6)14-5-12-7(3-11)13-14/h5-6,8-10,15-16H,4H2,1-2H3/t6-,8-,9-,10-/m1/s1. The van der Waals surface area contributed by atoms with Gasteiger partial charge in [0.1, 0.15) is 24.6 Å². The van der Waals surface area contributed by atoms with Crippen molar-refractivity contribution in [3.63, 3.8) is 0 Å². The van der Waals surface area contributed by atoms with Gasteiger partial charge in [-0.05, 0) is 13.3 Å². The molecule has 2 rings (SSSR count). The summed E-state index contributed by atoms with van der Waals surface area (Å²) in [5.41, 5.74) is 0. The summed E-state index contributed by atoms with van der Waals surface area (Å²) in [6.07, 6.45) is -2.59. The third-order valence-electron chi connectivity index (χ3n) is 2.83. The number of rotatable bonds is 3. The first-order valence-electron chi connectivity index (χ1n) is 5.68. The number of aromatic nitrogens is 3. The predicted molar refractivity (Wildman–Crippen MR) is 65.0 cm³/mol. The topological polar surface area (TPSA) is 121 Å². The van der Waals surface area contributed by atoms with Crippen LogP contribution in [0.1, 0.15) is 12.1 Å². The van der Waals surface area contributed by atoms with Crippen LogP contribution in [-0.4, -0.2) is 62.8 Å². The van der Waals surface area contributed by atoms with E-state index < -0.39 is 31.7 Å². The SMILES string of the molecule is CP(C)(=O)C[C@H]1O[C@@H](n2cnc(C#N)n2)[C@H](O)[C@@H]1O. The van der Waals surface area contributed by atoms with E-state index in [9.17, 15) is 14.8 Å². The van der Waals surface area contributed by atoms with Crippen LogP contribution in [0.4, 0.5) is 0 Å². The summed E-state index contributed by atoms with van der Waals surface area (Å²) in [6, 6.07) is 1.76.